The minimum atomic E-state index is -0.495. The average Bonchev–Trinajstić information content (AvgIpc) is 3.22. The van der Waals surface area contributed by atoms with Gasteiger partial charge in [0, 0.05) is 25.0 Å². The summed E-state index contributed by atoms with van der Waals surface area (Å²) >= 11 is 0. The largest absolute Gasteiger partial charge is 0.377 e. The Balaban J connectivity index is 1.93. The maximum absolute atomic E-state index is 12.2. The van der Waals surface area contributed by atoms with Crippen molar-refractivity contribution in [2.24, 2.45) is 5.73 Å². The van der Waals surface area contributed by atoms with Crippen LogP contribution in [0.15, 0.2) is 0 Å². The molecule has 0 spiro atoms. The minimum absolute atomic E-state index is 0.0476. The van der Waals surface area contributed by atoms with Crippen molar-refractivity contribution in [2.45, 2.75) is 50.7 Å². The zero-order valence-electron chi connectivity index (χ0n) is 11.4. The summed E-state index contributed by atoms with van der Waals surface area (Å²) in [6.07, 6.45) is 3.13. The zero-order valence-corrected chi connectivity index (χ0v) is 11.4. The molecule has 0 aromatic heterocycles. The van der Waals surface area contributed by atoms with E-state index in [1.54, 1.807) is 4.90 Å². The highest BCUT2D eigenvalue weighted by atomic mass is 16.5. The molecule has 2 rings (SSSR count). The van der Waals surface area contributed by atoms with Crippen molar-refractivity contribution in [3.8, 4) is 0 Å². The van der Waals surface area contributed by atoms with Gasteiger partial charge in [0.15, 0.2) is 0 Å². The van der Waals surface area contributed by atoms with E-state index in [4.69, 9.17) is 10.5 Å². The Bertz CT molecular complexity index is 344. The molecule has 2 aliphatic rings. The molecule has 2 unspecified atom stereocenters. The van der Waals surface area contributed by atoms with Crippen LogP contribution < -0.4 is 11.1 Å². The normalized spacial score (nSPS) is 24.9. The van der Waals surface area contributed by atoms with E-state index in [0.717, 1.165) is 19.3 Å². The average molecular weight is 269 g/mol. The third-order valence-corrected chi connectivity index (χ3v) is 3.64. The van der Waals surface area contributed by atoms with E-state index < -0.39 is 6.04 Å². The van der Waals surface area contributed by atoms with E-state index in [0.29, 0.717) is 25.6 Å². The maximum atomic E-state index is 12.2. The number of ether oxygens (including phenoxy) is 1. The molecule has 1 heterocycles. The number of rotatable bonds is 5. The Morgan fingerprint density at radius 3 is 2.84 bits per heavy atom. The second kappa shape index (κ2) is 6.34. The van der Waals surface area contributed by atoms with E-state index in [1.165, 1.54) is 0 Å². The second-order valence-electron chi connectivity index (χ2n) is 5.33. The van der Waals surface area contributed by atoms with Crippen LogP contribution in [0, 0.1) is 0 Å². The summed E-state index contributed by atoms with van der Waals surface area (Å²) in [4.78, 5) is 25.9. The number of hydrogen-bond donors (Lipinski definition) is 2. The van der Waals surface area contributed by atoms with Crippen molar-refractivity contribution < 1.29 is 14.3 Å². The third-order valence-electron chi connectivity index (χ3n) is 3.64. The summed E-state index contributed by atoms with van der Waals surface area (Å²) in [6, 6.07) is -0.335. The Labute approximate surface area is 113 Å². The van der Waals surface area contributed by atoms with Crippen LogP contribution in [-0.2, 0) is 14.3 Å². The molecule has 1 saturated heterocycles. The van der Waals surface area contributed by atoms with Crippen LogP contribution in [0.25, 0.3) is 0 Å². The number of amides is 2. The molecule has 19 heavy (non-hydrogen) atoms. The van der Waals surface area contributed by atoms with Crippen LogP contribution >= 0.6 is 0 Å². The van der Waals surface area contributed by atoms with Gasteiger partial charge in [-0.2, -0.15) is 0 Å². The van der Waals surface area contributed by atoms with E-state index in [1.807, 2.05) is 6.92 Å². The summed E-state index contributed by atoms with van der Waals surface area (Å²) in [6.45, 7) is 3.19. The van der Waals surface area contributed by atoms with E-state index in [2.05, 4.69) is 5.32 Å². The maximum Gasteiger partial charge on any atom is 0.245 e. The van der Waals surface area contributed by atoms with Crippen LogP contribution in [0.3, 0.4) is 0 Å². The summed E-state index contributed by atoms with van der Waals surface area (Å²) in [5.41, 5.74) is 5.81. The molecule has 1 saturated carbocycles. The Hall–Kier alpha value is -1.14. The lowest BCUT2D eigenvalue weighted by Gasteiger charge is -2.35. The molecule has 6 heteroatoms. The lowest BCUT2D eigenvalue weighted by atomic mass is 10.1. The van der Waals surface area contributed by atoms with Crippen LogP contribution in [0.5, 0.6) is 0 Å². The summed E-state index contributed by atoms with van der Waals surface area (Å²) in [7, 11) is 0. The van der Waals surface area contributed by atoms with Gasteiger partial charge < -0.3 is 20.7 Å². The van der Waals surface area contributed by atoms with Crippen LogP contribution in [0.4, 0.5) is 0 Å². The van der Waals surface area contributed by atoms with Crippen molar-refractivity contribution >= 4 is 11.8 Å². The lowest BCUT2D eigenvalue weighted by molar-refractivity contribution is -0.148. The highest BCUT2D eigenvalue weighted by Gasteiger charge is 2.35. The van der Waals surface area contributed by atoms with Gasteiger partial charge in [0.1, 0.15) is 6.04 Å². The first kappa shape index (κ1) is 14.3. The molecule has 0 aromatic carbocycles. The Morgan fingerprint density at radius 2 is 2.21 bits per heavy atom. The summed E-state index contributed by atoms with van der Waals surface area (Å²) in [5, 5.41) is 2.93. The fraction of sp³-hybridized carbons (Fsp3) is 0.846. The standard InChI is InChI=1S/C13H23N3O3/c1-2-9(14)7-12(17)16-5-6-19-8-11(16)13(18)15-10-3-4-10/h9-11H,2-8,14H2,1H3,(H,15,18). The predicted molar refractivity (Wildman–Crippen MR) is 70.4 cm³/mol. The van der Waals surface area contributed by atoms with E-state index in [-0.39, 0.29) is 24.5 Å². The van der Waals surface area contributed by atoms with Crippen molar-refractivity contribution in [1.82, 2.24) is 10.2 Å². The van der Waals surface area contributed by atoms with Crippen LogP contribution in [0.1, 0.15) is 32.6 Å². The Morgan fingerprint density at radius 1 is 1.47 bits per heavy atom. The topological polar surface area (TPSA) is 84.7 Å². The smallest absolute Gasteiger partial charge is 0.245 e. The first-order chi connectivity index (χ1) is 9.11. The van der Waals surface area contributed by atoms with Gasteiger partial charge in [0.05, 0.1) is 13.2 Å². The molecular formula is C13H23N3O3. The predicted octanol–water partition coefficient (Wildman–Crippen LogP) is -0.380. The van der Waals surface area contributed by atoms with Crippen molar-refractivity contribution in [3.63, 3.8) is 0 Å². The number of carbonyl (C=O) groups excluding carboxylic acids is 2. The second-order valence-corrected chi connectivity index (χ2v) is 5.33. The van der Waals surface area contributed by atoms with Gasteiger partial charge in [-0.25, -0.2) is 0 Å². The van der Waals surface area contributed by atoms with Crippen LogP contribution in [0.2, 0.25) is 0 Å². The van der Waals surface area contributed by atoms with Crippen molar-refractivity contribution in [2.75, 3.05) is 19.8 Å². The summed E-state index contributed by atoms with van der Waals surface area (Å²) in [5.74, 6) is -0.144. The number of nitrogens with two attached hydrogens (primary N) is 1. The highest BCUT2D eigenvalue weighted by Crippen LogP contribution is 2.20. The summed E-state index contributed by atoms with van der Waals surface area (Å²) < 4.78 is 5.33. The van der Waals surface area contributed by atoms with Gasteiger partial charge in [-0.05, 0) is 19.3 Å². The third kappa shape index (κ3) is 3.91. The first-order valence-corrected chi connectivity index (χ1v) is 7.05. The molecule has 108 valence electrons. The first-order valence-electron chi connectivity index (χ1n) is 7.05. The van der Waals surface area contributed by atoms with Crippen molar-refractivity contribution in [3.05, 3.63) is 0 Å². The van der Waals surface area contributed by atoms with Gasteiger partial charge in [-0.3, -0.25) is 9.59 Å². The molecule has 0 bridgehead atoms. The SMILES string of the molecule is CCC(N)CC(=O)N1CCOCC1C(=O)NC1CC1. The zero-order chi connectivity index (χ0) is 13.8. The molecule has 0 radical (unpaired) electrons. The van der Waals surface area contributed by atoms with Gasteiger partial charge in [0.2, 0.25) is 11.8 Å². The van der Waals surface area contributed by atoms with Gasteiger partial charge in [-0.1, -0.05) is 6.92 Å². The molecular weight excluding hydrogens is 246 g/mol. The van der Waals surface area contributed by atoms with Gasteiger partial charge in [-0.15, -0.1) is 0 Å². The monoisotopic (exact) mass is 269 g/mol. The molecule has 3 N–H and O–H groups in total. The molecule has 2 atom stereocenters. The van der Waals surface area contributed by atoms with Gasteiger partial charge in [0.25, 0.3) is 0 Å². The molecule has 1 aliphatic heterocycles. The number of hydrogen-bond acceptors (Lipinski definition) is 4. The Kier molecular flexibility index (Phi) is 4.76. The van der Waals surface area contributed by atoms with Gasteiger partial charge >= 0.3 is 0 Å². The number of nitrogens with zero attached hydrogens (tertiary/aromatic N) is 1. The molecule has 6 nitrogen and oxygen atoms in total. The van der Waals surface area contributed by atoms with E-state index >= 15 is 0 Å². The highest BCUT2D eigenvalue weighted by molar-refractivity contribution is 5.88. The fourth-order valence-electron chi connectivity index (χ4n) is 2.13. The number of morpholine rings is 1. The molecule has 1 aliphatic carbocycles. The van der Waals surface area contributed by atoms with E-state index in [9.17, 15) is 9.59 Å². The lowest BCUT2D eigenvalue weighted by Crippen LogP contribution is -2.56. The molecule has 2 amide bonds. The quantitative estimate of drug-likeness (QED) is 0.712. The van der Waals surface area contributed by atoms with Crippen LogP contribution in [-0.4, -0.2) is 54.6 Å². The minimum Gasteiger partial charge on any atom is -0.377 e. The fourth-order valence-corrected chi connectivity index (χ4v) is 2.13. The van der Waals surface area contributed by atoms with Crippen molar-refractivity contribution in [1.29, 1.82) is 0 Å². The molecule has 2 fully saturated rings. The number of carbonyl (C=O) groups is 2. The molecule has 0 aromatic rings. The number of nitrogens with one attached hydrogen (secondary N) is 1.